The number of amides is 1. The molecule has 0 bridgehead atoms. The zero-order chi connectivity index (χ0) is 28.2. The van der Waals surface area contributed by atoms with Crippen LogP contribution in [0.2, 0.25) is 0 Å². The second kappa shape index (κ2) is 14.1. The van der Waals surface area contributed by atoms with E-state index in [0.717, 1.165) is 5.56 Å². The molecule has 1 amide bonds. The largest absolute Gasteiger partial charge is 0.494 e. The smallest absolute Gasteiger partial charge is 0.266 e. The van der Waals surface area contributed by atoms with Crippen LogP contribution in [0.15, 0.2) is 89.0 Å². The number of alkyl halides is 1. The maximum absolute atomic E-state index is 13.9. The Morgan fingerprint density at radius 1 is 1.12 bits per heavy atom. The van der Waals surface area contributed by atoms with Crippen molar-refractivity contribution in [3.8, 4) is 5.75 Å². The van der Waals surface area contributed by atoms with Gasteiger partial charge in [-0.05, 0) is 46.5 Å². The van der Waals surface area contributed by atoms with Crippen LogP contribution in [0.3, 0.4) is 0 Å². The summed E-state index contributed by atoms with van der Waals surface area (Å²) in [5.41, 5.74) is 15.5. The van der Waals surface area contributed by atoms with Gasteiger partial charge in [0.15, 0.2) is 11.6 Å². The number of nitrogens with one attached hydrogen (secondary N) is 2. The lowest BCUT2D eigenvalue weighted by Crippen LogP contribution is -2.54. The van der Waals surface area contributed by atoms with Crippen LogP contribution in [0.1, 0.15) is 34.8 Å². The molecule has 0 aliphatic carbocycles. The fourth-order valence-corrected chi connectivity index (χ4v) is 4.51. The Morgan fingerprint density at radius 2 is 1.88 bits per heavy atom. The van der Waals surface area contributed by atoms with Crippen LogP contribution in [0, 0.1) is 0 Å². The molecule has 3 aromatic carbocycles. The van der Waals surface area contributed by atoms with Crippen LogP contribution in [0.5, 0.6) is 5.75 Å². The second-order valence-electron chi connectivity index (χ2n) is 9.11. The third kappa shape index (κ3) is 6.76. The summed E-state index contributed by atoms with van der Waals surface area (Å²) in [4.78, 5) is 21.7. The van der Waals surface area contributed by atoms with Crippen molar-refractivity contribution in [3.63, 3.8) is 0 Å². The fourth-order valence-electron chi connectivity index (χ4n) is 4.51. The molecule has 0 saturated heterocycles. The van der Waals surface area contributed by atoms with Gasteiger partial charge in [0.1, 0.15) is 12.4 Å². The maximum Gasteiger partial charge on any atom is 0.266 e. The minimum Gasteiger partial charge on any atom is -0.494 e. The number of aliphatic hydroxyl groups is 1. The van der Waals surface area contributed by atoms with Crippen LogP contribution in [-0.2, 0) is 22.5 Å². The van der Waals surface area contributed by atoms with Crippen molar-refractivity contribution >= 4 is 11.8 Å². The average Bonchev–Trinajstić information content (AvgIpc) is 3.37. The molecular weight excluding hydrogens is 515 g/mol. The number of rotatable bonds is 14. The Hall–Kier alpha value is -4.44. The minimum absolute atomic E-state index is 0.0387. The highest BCUT2D eigenvalue weighted by molar-refractivity contribution is 6.01. The zero-order valence-corrected chi connectivity index (χ0v) is 21.9. The molecule has 40 heavy (non-hydrogen) atoms. The Balaban J connectivity index is 1.80. The number of hydrazine groups is 1. The summed E-state index contributed by atoms with van der Waals surface area (Å²) in [5, 5.41) is 12.7. The number of carbonyl (C=O) groups is 1. The molecule has 1 aliphatic heterocycles. The maximum atomic E-state index is 13.9. The number of azide groups is 1. The number of ether oxygens (including phenoxy) is 2. The number of benzene rings is 3. The summed E-state index contributed by atoms with van der Waals surface area (Å²) in [6.07, 6.45) is -0.189. The number of aliphatic hydroxyl groups excluding tert-OH is 1. The van der Waals surface area contributed by atoms with Crippen molar-refractivity contribution in [3.05, 3.63) is 112 Å². The molecule has 0 spiro atoms. The van der Waals surface area contributed by atoms with E-state index in [9.17, 15) is 9.18 Å². The monoisotopic (exact) mass is 546 g/mol. The predicted octanol–water partition coefficient (Wildman–Crippen LogP) is 4.35. The van der Waals surface area contributed by atoms with E-state index in [4.69, 9.17) is 25.1 Å². The van der Waals surface area contributed by atoms with E-state index in [-0.39, 0.29) is 32.0 Å². The summed E-state index contributed by atoms with van der Waals surface area (Å²) in [6, 6.07) is 23.8. The number of hydrogen-bond acceptors (Lipinski definition) is 7. The number of hydrogen-bond donors (Lipinski definition) is 3. The molecule has 2 atom stereocenters. The number of carbonyl (C=O) groups excluding carboxylic acids is 1. The Labute approximate surface area is 231 Å². The summed E-state index contributed by atoms with van der Waals surface area (Å²) in [7, 11) is 0. The van der Waals surface area contributed by atoms with Gasteiger partial charge < -0.3 is 14.6 Å². The van der Waals surface area contributed by atoms with Crippen molar-refractivity contribution in [1.82, 2.24) is 10.9 Å². The zero-order valence-electron chi connectivity index (χ0n) is 21.9. The van der Waals surface area contributed by atoms with Crippen molar-refractivity contribution in [2.75, 3.05) is 26.4 Å². The Kier molecular flexibility index (Phi) is 10.1. The van der Waals surface area contributed by atoms with E-state index in [2.05, 4.69) is 20.9 Å². The van der Waals surface area contributed by atoms with Crippen LogP contribution in [0.25, 0.3) is 10.4 Å². The molecule has 0 aromatic heterocycles. The molecule has 1 aliphatic rings. The quantitative estimate of drug-likeness (QED) is 0.0907. The van der Waals surface area contributed by atoms with Crippen LogP contribution in [-0.4, -0.2) is 48.9 Å². The molecule has 10 nitrogen and oxygen atoms in total. The van der Waals surface area contributed by atoms with Gasteiger partial charge in [0.25, 0.3) is 5.91 Å². The summed E-state index contributed by atoms with van der Waals surface area (Å²) < 4.78 is 25.0. The van der Waals surface area contributed by atoms with Crippen molar-refractivity contribution < 1.29 is 23.8 Å². The fraction of sp³-hybridized carbons (Fsp3) is 0.310. The third-order valence-corrected chi connectivity index (χ3v) is 6.41. The molecule has 208 valence electrons. The minimum atomic E-state index is -1.48. The SMILES string of the molecule is [N-]=[N+]=NCc1ccccc1[C@@H]1OC(c2ccc(OCCCO)cc2)=N[C@]1(Cc1ccccc1)C(=O)NNCCF. The normalized spacial score (nSPS) is 17.9. The van der Waals surface area contributed by atoms with Gasteiger partial charge in [-0.15, -0.1) is 0 Å². The first kappa shape index (κ1) is 28.6. The lowest BCUT2D eigenvalue weighted by Gasteiger charge is -2.31. The van der Waals surface area contributed by atoms with Gasteiger partial charge in [-0.2, -0.15) is 0 Å². The number of halogens is 1. The van der Waals surface area contributed by atoms with Gasteiger partial charge in [-0.1, -0.05) is 59.7 Å². The van der Waals surface area contributed by atoms with E-state index in [1.807, 2.05) is 54.6 Å². The van der Waals surface area contributed by atoms with Gasteiger partial charge in [0.2, 0.25) is 5.90 Å². The highest BCUT2D eigenvalue weighted by Gasteiger charge is 2.53. The number of nitrogens with zero attached hydrogens (tertiary/aromatic N) is 4. The summed E-state index contributed by atoms with van der Waals surface area (Å²) in [6.45, 7) is -0.256. The topological polar surface area (TPSA) is 141 Å². The molecule has 3 N–H and O–H groups in total. The Morgan fingerprint density at radius 3 is 2.60 bits per heavy atom. The van der Waals surface area contributed by atoms with Crippen LogP contribution >= 0.6 is 0 Å². The van der Waals surface area contributed by atoms with Crippen molar-refractivity contribution in [1.29, 1.82) is 0 Å². The lowest BCUT2D eigenvalue weighted by molar-refractivity contribution is -0.130. The highest BCUT2D eigenvalue weighted by Crippen LogP contribution is 2.43. The van der Waals surface area contributed by atoms with Gasteiger partial charge in [-0.3, -0.25) is 10.2 Å². The molecule has 4 rings (SSSR count). The second-order valence-corrected chi connectivity index (χ2v) is 9.11. The van der Waals surface area contributed by atoms with Gasteiger partial charge in [0.05, 0.1) is 13.2 Å². The van der Waals surface area contributed by atoms with E-state index >= 15 is 0 Å². The molecule has 11 heteroatoms. The first-order valence-electron chi connectivity index (χ1n) is 12.9. The summed E-state index contributed by atoms with van der Waals surface area (Å²) in [5.74, 6) is 0.380. The molecule has 3 aromatic rings. The summed E-state index contributed by atoms with van der Waals surface area (Å²) >= 11 is 0. The van der Waals surface area contributed by atoms with Gasteiger partial charge in [0, 0.05) is 36.5 Å². The molecule has 0 saturated carbocycles. The number of aliphatic imine (C=N–C) groups is 1. The molecular formula is C29H31FN6O4. The molecule has 0 unspecified atom stereocenters. The average molecular weight is 547 g/mol. The van der Waals surface area contributed by atoms with Crippen LogP contribution < -0.4 is 15.6 Å². The Bertz CT molecular complexity index is 1350. The first-order chi connectivity index (χ1) is 19.6. The standard InChI is InChI=1S/C29H31FN6O4/c30-15-16-32-35-28(38)29(19-21-7-2-1-3-8-21)26(25-10-5-4-9-23(25)20-33-36-31)40-27(34-29)22-11-13-24(14-12-22)39-18-6-17-37/h1-5,7-14,26,32,37H,6,15-20H2,(H,35,38)/t26-,29-/m0/s1. The van der Waals surface area contributed by atoms with Crippen molar-refractivity contribution in [2.45, 2.75) is 31.0 Å². The van der Waals surface area contributed by atoms with Gasteiger partial charge in [-0.25, -0.2) is 14.8 Å². The third-order valence-electron chi connectivity index (χ3n) is 6.41. The first-order valence-corrected chi connectivity index (χ1v) is 12.9. The van der Waals surface area contributed by atoms with E-state index < -0.39 is 24.2 Å². The molecule has 1 heterocycles. The van der Waals surface area contributed by atoms with Gasteiger partial charge >= 0.3 is 0 Å². The molecule has 0 radical (unpaired) electrons. The predicted molar refractivity (Wildman–Crippen MR) is 148 cm³/mol. The van der Waals surface area contributed by atoms with Crippen molar-refractivity contribution in [2.24, 2.45) is 10.1 Å². The highest BCUT2D eigenvalue weighted by atomic mass is 19.1. The van der Waals surface area contributed by atoms with E-state index in [1.54, 1.807) is 24.3 Å². The van der Waals surface area contributed by atoms with E-state index in [0.29, 0.717) is 35.5 Å². The molecule has 0 fully saturated rings. The van der Waals surface area contributed by atoms with Crippen LogP contribution in [0.4, 0.5) is 4.39 Å². The lowest BCUT2D eigenvalue weighted by atomic mass is 9.81. The van der Waals surface area contributed by atoms with E-state index in [1.165, 1.54) is 0 Å².